The average molecular weight is 293 g/mol. The normalized spacial score (nSPS) is 11.2. The summed E-state index contributed by atoms with van der Waals surface area (Å²) in [6.45, 7) is 1.46. The van der Waals surface area contributed by atoms with Gasteiger partial charge in [-0.2, -0.15) is 0 Å². The van der Waals surface area contributed by atoms with Gasteiger partial charge in [0.25, 0.3) is 0 Å². The Kier molecular flexibility index (Phi) is 4.98. The summed E-state index contributed by atoms with van der Waals surface area (Å²) in [7, 11) is -3.13. The quantitative estimate of drug-likeness (QED) is 0.865. The lowest BCUT2D eigenvalue weighted by atomic mass is 10.2. The molecule has 0 heterocycles. The number of halogens is 1. The molecular formula is C11H13ClO5S. The van der Waals surface area contributed by atoms with Crippen LogP contribution in [0.1, 0.15) is 17.3 Å². The van der Waals surface area contributed by atoms with Gasteiger partial charge >= 0.3 is 5.97 Å². The molecule has 0 aromatic heterocycles. The topological polar surface area (TPSA) is 80.7 Å². The minimum absolute atomic E-state index is 0.0305. The predicted octanol–water partition coefficient (Wildman–Crippen LogP) is 1.85. The Balaban J connectivity index is 2.77. The Hall–Kier alpha value is -1.27. The highest BCUT2D eigenvalue weighted by atomic mass is 35.5. The van der Waals surface area contributed by atoms with Crippen molar-refractivity contribution in [3.05, 3.63) is 28.8 Å². The number of carboxylic acid groups (broad SMARTS) is 1. The predicted molar refractivity (Wildman–Crippen MR) is 68.2 cm³/mol. The van der Waals surface area contributed by atoms with Crippen molar-refractivity contribution in [3.63, 3.8) is 0 Å². The lowest BCUT2D eigenvalue weighted by Gasteiger charge is -2.09. The molecule has 0 saturated carbocycles. The first-order valence-corrected chi connectivity index (χ1v) is 7.41. The molecular weight excluding hydrogens is 280 g/mol. The van der Waals surface area contributed by atoms with Gasteiger partial charge in [0.1, 0.15) is 17.9 Å². The fourth-order valence-electron chi connectivity index (χ4n) is 1.22. The van der Waals surface area contributed by atoms with Crippen LogP contribution in [-0.4, -0.2) is 37.6 Å². The Morgan fingerprint density at radius 1 is 1.44 bits per heavy atom. The van der Waals surface area contributed by atoms with Crippen LogP contribution in [0.5, 0.6) is 5.75 Å². The van der Waals surface area contributed by atoms with Gasteiger partial charge in [-0.25, -0.2) is 13.2 Å². The van der Waals surface area contributed by atoms with Crippen molar-refractivity contribution in [2.75, 3.05) is 18.1 Å². The zero-order valence-corrected chi connectivity index (χ0v) is 11.3. The van der Waals surface area contributed by atoms with Crippen LogP contribution in [0.4, 0.5) is 0 Å². The van der Waals surface area contributed by atoms with E-state index < -0.39 is 15.8 Å². The molecule has 0 unspecified atom stereocenters. The maximum Gasteiger partial charge on any atom is 0.339 e. The standard InChI is InChI=1S/C11H13ClO5S/c1-2-18(15,16)6-5-17-10-4-3-8(12)7-9(10)11(13)14/h3-4,7H,2,5-6H2,1H3,(H,13,14). The fraction of sp³-hybridized carbons (Fsp3) is 0.364. The van der Waals surface area contributed by atoms with Crippen molar-refractivity contribution < 1.29 is 23.1 Å². The Bertz CT molecular complexity index is 538. The molecule has 0 bridgehead atoms. The second-order valence-corrected chi connectivity index (χ2v) is 6.44. The molecule has 0 spiro atoms. The van der Waals surface area contributed by atoms with Crippen LogP contribution >= 0.6 is 11.6 Å². The van der Waals surface area contributed by atoms with Crippen LogP contribution in [0.25, 0.3) is 0 Å². The first kappa shape index (κ1) is 14.8. The van der Waals surface area contributed by atoms with Crippen LogP contribution in [0.3, 0.4) is 0 Å². The van der Waals surface area contributed by atoms with Crippen LogP contribution in [0, 0.1) is 0 Å². The number of benzene rings is 1. The van der Waals surface area contributed by atoms with E-state index in [4.69, 9.17) is 21.4 Å². The third kappa shape index (κ3) is 4.19. The molecule has 0 amide bonds. The van der Waals surface area contributed by atoms with E-state index in [1.807, 2.05) is 0 Å². The first-order valence-electron chi connectivity index (χ1n) is 5.22. The molecule has 0 aliphatic carbocycles. The number of hydrogen-bond donors (Lipinski definition) is 1. The SMILES string of the molecule is CCS(=O)(=O)CCOc1ccc(Cl)cc1C(=O)O. The van der Waals surface area contributed by atoms with Crippen molar-refractivity contribution in [2.45, 2.75) is 6.92 Å². The summed E-state index contributed by atoms with van der Waals surface area (Å²) in [5.74, 6) is -1.18. The molecule has 0 saturated heterocycles. The van der Waals surface area contributed by atoms with Crippen LogP contribution in [0.15, 0.2) is 18.2 Å². The third-order valence-corrected chi connectivity index (χ3v) is 4.17. The summed E-state index contributed by atoms with van der Waals surface area (Å²) < 4.78 is 27.7. The lowest BCUT2D eigenvalue weighted by molar-refractivity contribution is 0.0692. The highest BCUT2D eigenvalue weighted by Gasteiger charge is 2.13. The van der Waals surface area contributed by atoms with Crippen molar-refractivity contribution >= 4 is 27.4 Å². The summed E-state index contributed by atoms with van der Waals surface area (Å²) >= 11 is 5.68. The summed E-state index contributed by atoms with van der Waals surface area (Å²) in [5, 5.41) is 9.22. The molecule has 0 aliphatic rings. The molecule has 0 aliphatic heterocycles. The molecule has 0 atom stereocenters. The third-order valence-electron chi connectivity index (χ3n) is 2.26. The molecule has 5 nitrogen and oxygen atoms in total. The molecule has 1 rings (SSSR count). The van der Waals surface area contributed by atoms with Crippen molar-refractivity contribution in [1.29, 1.82) is 0 Å². The summed E-state index contributed by atoms with van der Waals surface area (Å²) in [6, 6.07) is 4.15. The van der Waals surface area contributed by atoms with Gasteiger partial charge in [-0.3, -0.25) is 0 Å². The summed E-state index contributed by atoms with van der Waals surface area (Å²) in [4.78, 5) is 10.9. The largest absolute Gasteiger partial charge is 0.492 e. The molecule has 18 heavy (non-hydrogen) atoms. The van der Waals surface area contributed by atoms with Crippen molar-refractivity contribution in [3.8, 4) is 5.75 Å². The van der Waals surface area contributed by atoms with E-state index in [0.717, 1.165) is 0 Å². The van der Waals surface area contributed by atoms with E-state index in [-0.39, 0.29) is 34.4 Å². The zero-order valence-electron chi connectivity index (χ0n) is 9.72. The molecule has 0 radical (unpaired) electrons. The van der Waals surface area contributed by atoms with Gasteiger partial charge in [0.2, 0.25) is 0 Å². The van der Waals surface area contributed by atoms with E-state index in [9.17, 15) is 13.2 Å². The second-order valence-electron chi connectivity index (χ2n) is 3.53. The Labute approximate surface area is 110 Å². The first-order chi connectivity index (χ1) is 8.35. The van der Waals surface area contributed by atoms with Gasteiger partial charge in [0.05, 0.1) is 5.75 Å². The van der Waals surface area contributed by atoms with Crippen LogP contribution in [0.2, 0.25) is 5.02 Å². The summed E-state index contributed by atoms with van der Waals surface area (Å²) in [5.41, 5.74) is -0.0867. The second kappa shape index (κ2) is 6.06. The number of sulfone groups is 1. The number of aromatic carboxylic acids is 1. The summed E-state index contributed by atoms with van der Waals surface area (Å²) in [6.07, 6.45) is 0. The smallest absolute Gasteiger partial charge is 0.339 e. The van der Waals surface area contributed by atoms with E-state index in [0.29, 0.717) is 0 Å². The van der Waals surface area contributed by atoms with Gasteiger partial charge < -0.3 is 9.84 Å². The van der Waals surface area contributed by atoms with Crippen molar-refractivity contribution in [1.82, 2.24) is 0 Å². The Morgan fingerprint density at radius 2 is 2.11 bits per heavy atom. The van der Waals surface area contributed by atoms with Crippen LogP contribution in [-0.2, 0) is 9.84 Å². The number of ether oxygens (including phenoxy) is 1. The van der Waals surface area contributed by atoms with Crippen LogP contribution < -0.4 is 4.74 Å². The maximum atomic E-state index is 11.2. The number of carbonyl (C=O) groups is 1. The van der Waals surface area contributed by atoms with Gasteiger partial charge in [0.15, 0.2) is 9.84 Å². The van der Waals surface area contributed by atoms with Gasteiger partial charge in [-0.1, -0.05) is 18.5 Å². The molecule has 1 aromatic rings. The van der Waals surface area contributed by atoms with Gasteiger partial charge in [-0.15, -0.1) is 0 Å². The lowest BCUT2D eigenvalue weighted by Crippen LogP contribution is -2.16. The Morgan fingerprint density at radius 3 is 2.67 bits per heavy atom. The highest BCUT2D eigenvalue weighted by Crippen LogP contribution is 2.22. The minimum atomic E-state index is -3.13. The van der Waals surface area contributed by atoms with E-state index >= 15 is 0 Å². The number of rotatable bonds is 6. The fourth-order valence-corrected chi connectivity index (χ4v) is 2.02. The molecule has 0 fully saturated rings. The van der Waals surface area contributed by atoms with Crippen molar-refractivity contribution in [2.24, 2.45) is 0 Å². The van der Waals surface area contributed by atoms with E-state index in [2.05, 4.69) is 0 Å². The monoisotopic (exact) mass is 292 g/mol. The highest BCUT2D eigenvalue weighted by molar-refractivity contribution is 7.91. The van der Waals surface area contributed by atoms with Gasteiger partial charge in [-0.05, 0) is 18.2 Å². The van der Waals surface area contributed by atoms with Gasteiger partial charge in [0, 0.05) is 10.8 Å². The van der Waals surface area contributed by atoms with E-state index in [1.54, 1.807) is 6.92 Å². The molecule has 7 heteroatoms. The maximum absolute atomic E-state index is 11.2. The number of hydrogen-bond acceptors (Lipinski definition) is 4. The number of carboxylic acids is 1. The zero-order chi connectivity index (χ0) is 13.8. The molecule has 1 aromatic carbocycles. The van der Waals surface area contributed by atoms with E-state index in [1.165, 1.54) is 18.2 Å². The molecule has 1 N–H and O–H groups in total. The molecule has 100 valence electrons. The minimum Gasteiger partial charge on any atom is -0.492 e. The average Bonchev–Trinajstić information content (AvgIpc) is 2.30.